The van der Waals surface area contributed by atoms with E-state index in [0.717, 1.165) is 0 Å². The number of aromatic nitrogens is 1. The van der Waals surface area contributed by atoms with Crippen molar-refractivity contribution in [1.82, 2.24) is 15.6 Å². The van der Waals surface area contributed by atoms with Gasteiger partial charge in [0.2, 0.25) is 0 Å². The van der Waals surface area contributed by atoms with Gasteiger partial charge in [0.25, 0.3) is 5.91 Å². The van der Waals surface area contributed by atoms with Crippen molar-refractivity contribution in [2.24, 2.45) is 0 Å². The fourth-order valence-corrected chi connectivity index (χ4v) is 5.33. The van der Waals surface area contributed by atoms with E-state index in [1.807, 2.05) is 30.3 Å². The van der Waals surface area contributed by atoms with Crippen LogP contribution in [0.1, 0.15) is 9.67 Å². The van der Waals surface area contributed by atoms with Crippen LogP contribution in [0, 0.1) is 0 Å². The van der Waals surface area contributed by atoms with E-state index in [1.165, 1.54) is 16.2 Å². The largest absolute Gasteiger partial charge is 0.457 e. The number of ether oxygens (including phenoxy) is 1. The number of pyridine rings is 1. The molecule has 2 aliphatic heterocycles. The van der Waals surface area contributed by atoms with Gasteiger partial charge in [-0.25, -0.2) is 14.2 Å². The summed E-state index contributed by atoms with van der Waals surface area (Å²) in [5, 5.41) is 9.18. The van der Waals surface area contributed by atoms with Gasteiger partial charge in [-0.1, -0.05) is 18.2 Å². The van der Waals surface area contributed by atoms with Crippen molar-refractivity contribution >= 4 is 77.5 Å². The number of carbonyl (C=O) groups excluding carboxylic acids is 2. The Kier molecular flexibility index (Phi) is 7.93. The number of alkyl halides is 1. The zero-order valence-corrected chi connectivity index (χ0v) is 22.1. The van der Waals surface area contributed by atoms with Gasteiger partial charge in [0.15, 0.2) is 0 Å². The summed E-state index contributed by atoms with van der Waals surface area (Å²) in [7, 11) is 0. The number of nitrogens with zero attached hydrogens (tertiary/aromatic N) is 2. The van der Waals surface area contributed by atoms with E-state index in [-0.39, 0.29) is 33.5 Å². The Morgan fingerprint density at radius 3 is 2.49 bits per heavy atom. The number of thiophene rings is 1. The fourth-order valence-electron chi connectivity index (χ4n) is 4.31. The van der Waals surface area contributed by atoms with E-state index >= 15 is 0 Å². The smallest absolute Gasteiger partial charge is 0.331 e. The molecular formula is C25H24FN5O3S3. The van der Waals surface area contributed by atoms with E-state index in [0.29, 0.717) is 50.2 Å². The molecule has 0 radical (unpaired) electrons. The Hall–Kier alpha value is -3.32. The highest BCUT2D eigenvalue weighted by Crippen LogP contribution is 2.45. The first-order valence-electron chi connectivity index (χ1n) is 11.1. The van der Waals surface area contributed by atoms with E-state index in [2.05, 4.69) is 20.9 Å². The molecule has 3 amide bonds. The fraction of sp³-hybridized carbons (Fsp3) is 0.160. The minimum atomic E-state index is -1.16. The molecule has 2 aromatic heterocycles. The van der Waals surface area contributed by atoms with Crippen LogP contribution in [0.4, 0.5) is 26.2 Å². The summed E-state index contributed by atoms with van der Waals surface area (Å²) in [6.45, 7) is 0.567. The average Bonchev–Trinajstić information content (AvgIpc) is 3.44. The molecule has 0 bridgehead atoms. The van der Waals surface area contributed by atoms with Gasteiger partial charge >= 0.3 is 6.03 Å². The molecule has 2 atom stereocenters. The Bertz CT molecular complexity index is 1440. The van der Waals surface area contributed by atoms with Crippen molar-refractivity contribution in [3.63, 3.8) is 0 Å². The van der Waals surface area contributed by atoms with Crippen LogP contribution in [-0.2, 0) is 0 Å². The van der Waals surface area contributed by atoms with Gasteiger partial charge in [-0.05, 0) is 42.5 Å². The van der Waals surface area contributed by atoms with Crippen LogP contribution in [0.5, 0.6) is 11.5 Å². The summed E-state index contributed by atoms with van der Waals surface area (Å²) in [5.74, 6) is 0.925. The summed E-state index contributed by atoms with van der Waals surface area (Å²) < 4.78 is 19.9. The van der Waals surface area contributed by atoms with Crippen molar-refractivity contribution < 1.29 is 18.7 Å². The molecular weight excluding hydrogens is 534 g/mol. The third-order valence-electron chi connectivity index (χ3n) is 5.98. The second-order valence-corrected chi connectivity index (χ2v) is 9.24. The maximum Gasteiger partial charge on any atom is 0.331 e. The Morgan fingerprint density at radius 2 is 1.78 bits per heavy atom. The zero-order chi connectivity index (χ0) is 23.9. The molecule has 2 aromatic carbocycles. The molecule has 6 rings (SSSR count). The van der Waals surface area contributed by atoms with Crippen molar-refractivity contribution in [3.8, 4) is 11.5 Å². The summed E-state index contributed by atoms with van der Waals surface area (Å²) in [4.78, 5) is 33.0. The molecule has 4 heterocycles. The molecule has 0 spiro atoms. The van der Waals surface area contributed by atoms with Crippen LogP contribution in [0.25, 0.3) is 10.2 Å². The van der Waals surface area contributed by atoms with Crippen LogP contribution < -0.4 is 25.6 Å². The first-order chi connectivity index (χ1) is 17.1. The van der Waals surface area contributed by atoms with Crippen molar-refractivity contribution in [2.45, 2.75) is 12.2 Å². The Morgan fingerprint density at radius 1 is 1.05 bits per heavy atom. The molecule has 192 valence electrons. The maximum absolute atomic E-state index is 14.0. The summed E-state index contributed by atoms with van der Waals surface area (Å²) >= 11 is 1.17. The third kappa shape index (κ3) is 4.97. The lowest BCUT2D eigenvalue weighted by atomic mass is 10.1. The number of hydrogen-bond acceptors (Lipinski definition) is 6. The molecule has 37 heavy (non-hydrogen) atoms. The summed E-state index contributed by atoms with van der Waals surface area (Å²) in [5.41, 5.74) is 1.65. The molecule has 0 aliphatic carbocycles. The molecule has 4 aromatic rings. The lowest BCUT2D eigenvalue weighted by molar-refractivity contribution is 0.0929. The monoisotopic (exact) mass is 557 g/mol. The Balaban J connectivity index is 0.00000160. The first-order valence-corrected chi connectivity index (χ1v) is 11.9. The second-order valence-electron chi connectivity index (χ2n) is 8.25. The molecule has 2 aliphatic rings. The van der Waals surface area contributed by atoms with Gasteiger partial charge in [0.05, 0.1) is 28.5 Å². The van der Waals surface area contributed by atoms with Crippen molar-refractivity contribution in [3.05, 3.63) is 71.7 Å². The van der Waals surface area contributed by atoms with Gasteiger partial charge in [-0.3, -0.25) is 9.69 Å². The number of hydrogen-bond donors (Lipinski definition) is 3. The van der Waals surface area contributed by atoms with Crippen molar-refractivity contribution in [1.29, 1.82) is 0 Å². The van der Waals surface area contributed by atoms with Crippen LogP contribution in [0.3, 0.4) is 0 Å². The molecule has 3 N–H and O–H groups in total. The number of carbonyl (C=O) groups is 2. The lowest BCUT2D eigenvalue weighted by Gasteiger charge is -2.28. The van der Waals surface area contributed by atoms with Gasteiger partial charge < -0.3 is 20.7 Å². The molecule has 0 saturated carbocycles. The number of rotatable bonds is 5. The maximum atomic E-state index is 14.0. The lowest BCUT2D eigenvalue weighted by Crippen LogP contribution is -2.41. The third-order valence-corrected chi connectivity index (χ3v) is 7.08. The molecule has 12 heteroatoms. The van der Waals surface area contributed by atoms with E-state index in [1.54, 1.807) is 36.5 Å². The van der Waals surface area contributed by atoms with Gasteiger partial charge in [0.1, 0.15) is 27.4 Å². The number of urea groups is 1. The summed E-state index contributed by atoms with van der Waals surface area (Å²) in [6.07, 6.45) is 0.452. The minimum Gasteiger partial charge on any atom is -0.457 e. The molecule has 1 fully saturated rings. The number of halogens is 1. The van der Waals surface area contributed by atoms with E-state index in [4.69, 9.17) is 4.74 Å². The SMILES string of the molecule is O=C(N[C@H]1CNC[C@@H]1F)c1sc2nccc3c2c1NC(=O)N3c1ccc(Oc2ccccc2)cc1.S.S. The van der Waals surface area contributed by atoms with Gasteiger partial charge in [0, 0.05) is 19.3 Å². The highest BCUT2D eigenvalue weighted by atomic mass is 32.1. The number of anilines is 3. The van der Waals surface area contributed by atoms with Gasteiger partial charge in [-0.15, -0.1) is 11.3 Å². The predicted molar refractivity (Wildman–Crippen MR) is 154 cm³/mol. The molecule has 1 saturated heterocycles. The normalized spacial score (nSPS) is 18.0. The Labute approximate surface area is 230 Å². The number of nitrogens with one attached hydrogen (secondary N) is 3. The van der Waals surface area contributed by atoms with Crippen LogP contribution in [-0.4, -0.2) is 42.2 Å². The first kappa shape index (κ1) is 26.7. The standard InChI is InChI=1S/C25H20FN5O3S.2H2S/c26-17-12-27-13-18(17)29-23(32)22-21-20-19(10-11-28-24(20)35-22)31(25(33)30-21)14-6-8-16(9-7-14)34-15-4-2-1-3-5-15;;/h1-11,17-18,27H,12-13H2,(H,29,32)(H,30,33);2*1H2/t17-,18-;;/m0../s1. The average molecular weight is 558 g/mol. The zero-order valence-electron chi connectivity index (χ0n) is 19.3. The molecule has 8 nitrogen and oxygen atoms in total. The van der Waals surface area contributed by atoms with E-state index < -0.39 is 24.2 Å². The quantitative estimate of drug-likeness (QED) is 0.320. The second kappa shape index (κ2) is 11.0. The number of para-hydroxylation sites is 1. The number of amides is 3. The highest BCUT2D eigenvalue weighted by Gasteiger charge is 2.34. The van der Waals surface area contributed by atoms with Crippen LogP contribution >= 0.6 is 38.3 Å². The van der Waals surface area contributed by atoms with Gasteiger partial charge in [-0.2, -0.15) is 27.0 Å². The topological polar surface area (TPSA) is 95.6 Å². The van der Waals surface area contributed by atoms with Crippen LogP contribution in [0.15, 0.2) is 66.9 Å². The number of benzene rings is 2. The molecule has 0 unspecified atom stereocenters. The summed E-state index contributed by atoms with van der Waals surface area (Å²) in [6, 6.07) is 17.3. The minimum absolute atomic E-state index is 0. The van der Waals surface area contributed by atoms with E-state index in [9.17, 15) is 14.0 Å². The predicted octanol–water partition coefficient (Wildman–Crippen LogP) is 5.04. The van der Waals surface area contributed by atoms with Crippen LogP contribution in [0.2, 0.25) is 0 Å². The van der Waals surface area contributed by atoms with Crippen molar-refractivity contribution in [2.75, 3.05) is 23.3 Å². The highest BCUT2D eigenvalue weighted by molar-refractivity contribution is 7.59.